The summed E-state index contributed by atoms with van der Waals surface area (Å²) < 4.78 is 6.90. The number of aliphatic hydroxyl groups excluding tert-OH is 1. The van der Waals surface area contributed by atoms with Crippen molar-refractivity contribution in [3.05, 3.63) is 45.8 Å². The van der Waals surface area contributed by atoms with Gasteiger partial charge in [-0.25, -0.2) is 4.98 Å². The van der Waals surface area contributed by atoms with Crippen molar-refractivity contribution in [2.45, 2.75) is 19.0 Å². The van der Waals surface area contributed by atoms with Gasteiger partial charge in [0.15, 0.2) is 18.2 Å². The lowest BCUT2D eigenvalue weighted by Crippen LogP contribution is -2.57. The van der Waals surface area contributed by atoms with Gasteiger partial charge in [0.05, 0.1) is 18.3 Å². The highest BCUT2D eigenvalue weighted by atomic mass is 35.5. The van der Waals surface area contributed by atoms with Crippen LogP contribution in [0.5, 0.6) is 5.75 Å². The Kier molecular flexibility index (Phi) is 7.39. The number of halogens is 1. The molecule has 0 radical (unpaired) electrons. The quantitative estimate of drug-likeness (QED) is 0.374. The third-order valence-corrected chi connectivity index (χ3v) is 6.06. The van der Waals surface area contributed by atoms with E-state index >= 15 is 0 Å². The summed E-state index contributed by atoms with van der Waals surface area (Å²) in [6.07, 6.45) is 1.54. The van der Waals surface area contributed by atoms with Crippen molar-refractivity contribution in [2.24, 2.45) is 7.05 Å². The maximum absolute atomic E-state index is 12.6. The Morgan fingerprint density at radius 2 is 2.14 bits per heavy atom. The molecule has 2 aromatic heterocycles. The Morgan fingerprint density at radius 3 is 2.89 bits per heavy atom. The summed E-state index contributed by atoms with van der Waals surface area (Å²) >= 11 is 6.38. The Bertz CT molecular complexity index is 1300. The number of pyridine rings is 1. The second-order valence-corrected chi connectivity index (χ2v) is 8.86. The largest absolute Gasteiger partial charge is 0.478 e. The molecule has 11 nitrogen and oxygen atoms in total. The van der Waals surface area contributed by atoms with Crippen LogP contribution in [0.2, 0.25) is 5.02 Å². The van der Waals surface area contributed by atoms with Crippen LogP contribution in [0.3, 0.4) is 0 Å². The molecule has 1 saturated heterocycles. The van der Waals surface area contributed by atoms with E-state index in [1.807, 2.05) is 24.0 Å². The van der Waals surface area contributed by atoms with E-state index in [0.29, 0.717) is 41.1 Å². The summed E-state index contributed by atoms with van der Waals surface area (Å²) in [7, 11) is 3.14. The van der Waals surface area contributed by atoms with Crippen LogP contribution in [0.25, 0.3) is 10.9 Å². The van der Waals surface area contributed by atoms with Gasteiger partial charge in [0.25, 0.3) is 11.5 Å². The van der Waals surface area contributed by atoms with Gasteiger partial charge in [-0.3, -0.25) is 9.59 Å². The molecular formula is C23H28ClN7O4. The fourth-order valence-electron chi connectivity index (χ4n) is 4.04. The van der Waals surface area contributed by atoms with E-state index in [2.05, 4.69) is 25.9 Å². The van der Waals surface area contributed by atoms with Crippen LogP contribution in [-0.4, -0.2) is 71.0 Å². The van der Waals surface area contributed by atoms with Crippen molar-refractivity contribution in [2.75, 3.05) is 43.6 Å². The van der Waals surface area contributed by atoms with Crippen molar-refractivity contribution in [3.8, 4) is 5.75 Å². The van der Waals surface area contributed by atoms with Crippen molar-refractivity contribution in [1.29, 1.82) is 0 Å². The third-order valence-electron chi connectivity index (χ3n) is 5.78. The number of rotatable bonds is 7. The number of aromatic nitrogens is 3. The number of fused-ring (bicyclic) bond motifs is 1. The zero-order valence-electron chi connectivity index (χ0n) is 19.7. The fourth-order valence-corrected chi connectivity index (χ4v) is 4.18. The lowest BCUT2D eigenvalue weighted by Gasteiger charge is -2.37. The first kappa shape index (κ1) is 24.7. The number of hydrogen-bond donors (Lipinski definition) is 4. The molecule has 3 aromatic rings. The first-order valence-electron chi connectivity index (χ1n) is 11.2. The Balaban J connectivity index is 1.61. The molecule has 186 valence electrons. The van der Waals surface area contributed by atoms with Gasteiger partial charge in [-0.1, -0.05) is 11.6 Å². The van der Waals surface area contributed by atoms with E-state index in [1.165, 1.54) is 11.6 Å². The number of carbonyl (C=O) groups excluding carboxylic acids is 1. The molecule has 1 aliphatic rings. The lowest BCUT2D eigenvalue weighted by atomic mass is 10.1. The number of aliphatic hydroxyl groups is 1. The molecule has 1 fully saturated rings. The molecule has 3 heterocycles. The number of amides is 1. The molecule has 0 bridgehead atoms. The van der Waals surface area contributed by atoms with Gasteiger partial charge >= 0.3 is 0 Å². The Hall–Kier alpha value is -3.41. The van der Waals surface area contributed by atoms with Crippen molar-refractivity contribution >= 4 is 45.9 Å². The number of piperazine rings is 1. The molecular weight excluding hydrogens is 474 g/mol. The molecule has 1 aliphatic heterocycles. The van der Waals surface area contributed by atoms with E-state index in [-0.39, 0.29) is 42.5 Å². The van der Waals surface area contributed by atoms with Crippen LogP contribution in [0, 0.1) is 0 Å². The maximum Gasteiger partial charge on any atom is 0.293 e. The summed E-state index contributed by atoms with van der Waals surface area (Å²) in [5, 5.41) is 19.7. The Labute approximate surface area is 207 Å². The highest BCUT2D eigenvalue weighted by Gasteiger charge is 2.25. The predicted molar refractivity (Wildman–Crippen MR) is 135 cm³/mol. The lowest BCUT2D eigenvalue weighted by molar-refractivity contribution is -0.122. The standard InChI is InChI=1S/C23H28ClN7O4/c1-13-9-31(10-16(11-32)27-13)23-26-8-17(24)21(29-23)28-15-4-5-18-14(6-15)7-19(22(34)30(18)3)35-12-20(33)25-2/h4-8,13,16,27,32H,9-12H2,1-3H3,(H,25,33)(H,26,28,29)/t13-,16-/m0/s1. The minimum absolute atomic E-state index is 0.0218. The van der Waals surface area contributed by atoms with Gasteiger partial charge in [0.2, 0.25) is 5.95 Å². The number of anilines is 3. The molecule has 4 N–H and O–H groups in total. The molecule has 0 unspecified atom stereocenters. The molecule has 2 atom stereocenters. The maximum atomic E-state index is 12.6. The highest BCUT2D eigenvalue weighted by molar-refractivity contribution is 6.32. The van der Waals surface area contributed by atoms with Gasteiger partial charge in [0.1, 0.15) is 5.02 Å². The second-order valence-electron chi connectivity index (χ2n) is 8.45. The minimum Gasteiger partial charge on any atom is -0.478 e. The number of ether oxygens (including phenoxy) is 1. The fraction of sp³-hybridized carbons (Fsp3) is 0.391. The summed E-state index contributed by atoms with van der Waals surface area (Å²) in [6.45, 7) is 3.08. The molecule has 0 spiro atoms. The van der Waals surface area contributed by atoms with E-state index in [4.69, 9.17) is 16.3 Å². The zero-order chi connectivity index (χ0) is 25.1. The van der Waals surface area contributed by atoms with Crippen LogP contribution in [-0.2, 0) is 11.8 Å². The second kappa shape index (κ2) is 10.5. The average molecular weight is 502 g/mol. The van der Waals surface area contributed by atoms with Crippen molar-refractivity contribution in [1.82, 2.24) is 25.2 Å². The average Bonchev–Trinajstić information content (AvgIpc) is 2.85. The van der Waals surface area contributed by atoms with Gasteiger partial charge in [0, 0.05) is 50.3 Å². The van der Waals surface area contributed by atoms with E-state index < -0.39 is 0 Å². The number of aryl methyl sites for hydroxylation is 1. The summed E-state index contributed by atoms with van der Waals surface area (Å²) in [5.41, 5.74) is 1.06. The number of benzene rings is 1. The third kappa shape index (κ3) is 5.47. The van der Waals surface area contributed by atoms with Gasteiger partial charge in [-0.15, -0.1) is 0 Å². The highest BCUT2D eigenvalue weighted by Crippen LogP contribution is 2.28. The number of carbonyl (C=O) groups is 1. The minimum atomic E-state index is -0.336. The van der Waals surface area contributed by atoms with Crippen LogP contribution >= 0.6 is 11.6 Å². The van der Waals surface area contributed by atoms with Crippen LogP contribution in [0.4, 0.5) is 17.5 Å². The molecule has 35 heavy (non-hydrogen) atoms. The molecule has 1 amide bonds. The SMILES string of the molecule is CNC(=O)COc1cc2cc(Nc3nc(N4C[C@@H](CO)N[C@@H](C)C4)ncc3Cl)ccc2n(C)c1=O. The first-order chi connectivity index (χ1) is 16.8. The number of nitrogens with zero attached hydrogens (tertiary/aromatic N) is 4. The normalized spacial score (nSPS) is 17.9. The zero-order valence-corrected chi connectivity index (χ0v) is 20.5. The summed E-state index contributed by atoms with van der Waals surface area (Å²) in [6, 6.07) is 7.18. The van der Waals surface area contributed by atoms with Gasteiger partial charge < -0.3 is 35.3 Å². The van der Waals surface area contributed by atoms with Crippen LogP contribution in [0.15, 0.2) is 35.3 Å². The van der Waals surface area contributed by atoms with Crippen LogP contribution in [0.1, 0.15) is 6.92 Å². The molecule has 0 saturated carbocycles. The molecule has 1 aromatic carbocycles. The molecule has 4 rings (SSSR count). The van der Waals surface area contributed by atoms with Crippen LogP contribution < -0.4 is 31.1 Å². The summed E-state index contributed by atoms with van der Waals surface area (Å²) in [4.78, 5) is 35.1. The van der Waals surface area contributed by atoms with Gasteiger partial charge in [-0.2, -0.15) is 4.98 Å². The molecule has 0 aliphatic carbocycles. The smallest absolute Gasteiger partial charge is 0.293 e. The van der Waals surface area contributed by atoms with Crippen molar-refractivity contribution < 1.29 is 14.6 Å². The first-order valence-corrected chi connectivity index (χ1v) is 11.6. The van der Waals surface area contributed by atoms with E-state index in [1.54, 1.807) is 25.4 Å². The molecule has 12 heteroatoms. The van der Waals surface area contributed by atoms with Gasteiger partial charge in [-0.05, 0) is 31.2 Å². The summed E-state index contributed by atoms with van der Waals surface area (Å²) in [5.74, 6) is 0.691. The Morgan fingerprint density at radius 1 is 1.34 bits per heavy atom. The van der Waals surface area contributed by atoms with Crippen molar-refractivity contribution in [3.63, 3.8) is 0 Å². The number of hydrogen-bond acceptors (Lipinski definition) is 9. The monoisotopic (exact) mass is 501 g/mol. The number of likely N-dealkylation sites (N-methyl/N-ethyl adjacent to an activating group) is 1. The van der Waals surface area contributed by atoms with E-state index in [0.717, 1.165) is 5.39 Å². The van der Waals surface area contributed by atoms with E-state index in [9.17, 15) is 14.7 Å². The number of nitrogens with one attached hydrogen (secondary N) is 3. The topological polar surface area (TPSA) is 134 Å². The predicted octanol–water partition coefficient (Wildman–Crippen LogP) is 1.01.